The molecule has 0 bridgehead atoms. The second kappa shape index (κ2) is 3.83. The van der Waals surface area contributed by atoms with Crippen molar-refractivity contribution in [1.29, 1.82) is 0 Å². The summed E-state index contributed by atoms with van der Waals surface area (Å²) in [5, 5.41) is 2.15. The van der Waals surface area contributed by atoms with E-state index in [4.69, 9.17) is 0 Å². The van der Waals surface area contributed by atoms with Gasteiger partial charge in [-0.2, -0.15) is 0 Å². The molecule has 0 unspecified atom stereocenters. The Balaban J connectivity index is 3.28. The maximum atomic E-state index is 13.0. The number of hydrogen-bond donors (Lipinski definition) is 1. The zero-order valence-electron chi connectivity index (χ0n) is 6.70. The second-order valence-corrected chi connectivity index (χ2v) is 3.24. The minimum absolute atomic E-state index is 0.259. The van der Waals surface area contributed by atoms with Crippen LogP contribution in [0.3, 0.4) is 0 Å². The second-order valence-electron chi connectivity index (χ2n) is 2.32. The lowest BCUT2D eigenvalue weighted by molar-refractivity contribution is 0.0954. The van der Waals surface area contributed by atoms with Crippen LogP contribution in [-0.4, -0.2) is 13.0 Å². The summed E-state index contributed by atoms with van der Waals surface area (Å²) in [7, 11) is 1.31. The number of benzene rings is 1. The summed E-state index contributed by atoms with van der Waals surface area (Å²) in [6, 6.07) is 2.07. The maximum absolute atomic E-state index is 13.0. The molecule has 1 rings (SSSR count). The molecule has 0 radical (unpaired) electrons. The molecule has 1 N–H and O–H groups in total. The van der Waals surface area contributed by atoms with Crippen LogP contribution in [0, 0.1) is 11.6 Å². The zero-order chi connectivity index (χ0) is 10.0. The molecule has 0 aliphatic rings. The van der Waals surface area contributed by atoms with E-state index in [0.29, 0.717) is 0 Å². The molecule has 0 atom stereocenters. The van der Waals surface area contributed by atoms with Gasteiger partial charge in [-0.15, -0.1) is 0 Å². The molecule has 1 aromatic carbocycles. The van der Waals surface area contributed by atoms with E-state index in [-0.39, 0.29) is 4.47 Å². The fourth-order valence-corrected chi connectivity index (χ4v) is 1.29. The van der Waals surface area contributed by atoms with Crippen LogP contribution in [0.15, 0.2) is 16.6 Å². The summed E-state index contributed by atoms with van der Waals surface area (Å²) in [5.74, 6) is -2.54. The maximum Gasteiger partial charge on any atom is 0.256 e. The quantitative estimate of drug-likeness (QED) is 0.812. The van der Waals surface area contributed by atoms with Crippen LogP contribution in [0.4, 0.5) is 8.78 Å². The fraction of sp³-hybridized carbons (Fsp3) is 0.125. The van der Waals surface area contributed by atoms with E-state index < -0.39 is 23.1 Å². The van der Waals surface area contributed by atoms with Crippen molar-refractivity contribution in [3.63, 3.8) is 0 Å². The SMILES string of the molecule is CNC(=O)c1c(F)cc(Br)cc1F. The van der Waals surface area contributed by atoms with Gasteiger partial charge in [-0.05, 0) is 12.1 Å². The Bertz CT molecular complexity index is 331. The number of amides is 1. The molecule has 5 heteroatoms. The fourth-order valence-electron chi connectivity index (χ4n) is 0.884. The van der Waals surface area contributed by atoms with E-state index in [1.165, 1.54) is 7.05 Å². The first kappa shape index (κ1) is 10.1. The van der Waals surface area contributed by atoms with E-state index in [2.05, 4.69) is 21.2 Å². The number of rotatable bonds is 1. The molecule has 0 aliphatic heterocycles. The molecule has 70 valence electrons. The number of halogens is 3. The average molecular weight is 250 g/mol. The average Bonchev–Trinajstić information content (AvgIpc) is 2.02. The van der Waals surface area contributed by atoms with Gasteiger partial charge < -0.3 is 5.32 Å². The Morgan fingerprint density at radius 2 is 1.85 bits per heavy atom. The zero-order valence-corrected chi connectivity index (χ0v) is 8.28. The molecule has 0 heterocycles. The van der Waals surface area contributed by atoms with Crippen LogP contribution >= 0.6 is 15.9 Å². The van der Waals surface area contributed by atoms with Gasteiger partial charge in [-0.25, -0.2) is 8.78 Å². The highest BCUT2D eigenvalue weighted by Gasteiger charge is 2.16. The van der Waals surface area contributed by atoms with Gasteiger partial charge in [-0.1, -0.05) is 15.9 Å². The molecule has 0 fully saturated rings. The predicted octanol–water partition coefficient (Wildman–Crippen LogP) is 2.09. The summed E-state index contributed by atoms with van der Waals surface area (Å²) in [5.41, 5.74) is -0.564. The van der Waals surface area contributed by atoms with Crippen molar-refractivity contribution in [1.82, 2.24) is 5.32 Å². The van der Waals surface area contributed by atoms with E-state index >= 15 is 0 Å². The Kier molecular flexibility index (Phi) is 2.98. The lowest BCUT2D eigenvalue weighted by Crippen LogP contribution is -2.20. The number of carbonyl (C=O) groups excluding carboxylic acids is 1. The van der Waals surface area contributed by atoms with Gasteiger partial charge in [0.1, 0.15) is 17.2 Å². The smallest absolute Gasteiger partial charge is 0.256 e. The highest BCUT2D eigenvalue weighted by Crippen LogP contribution is 2.19. The normalized spacial score (nSPS) is 9.85. The van der Waals surface area contributed by atoms with Crippen molar-refractivity contribution >= 4 is 21.8 Å². The van der Waals surface area contributed by atoms with Crippen LogP contribution in [-0.2, 0) is 0 Å². The lowest BCUT2D eigenvalue weighted by Gasteiger charge is -2.03. The van der Waals surface area contributed by atoms with Crippen molar-refractivity contribution in [2.45, 2.75) is 0 Å². The molecule has 0 aliphatic carbocycles. The van der Waals surface area contributed by atoms with E-state index in [9.17, 15) is 13.6 Å². The minimum Gasteiger partial charge on any atom is -0.355 e. The first-order valence-electron chi connectivity index (χ1n) is 3.43. The summed E-state index contributed by atoms with van der Waals surface area (Å²) in [6.45, 7) is 0. The summed E-state index contributed by atoms with van der Waals surface area (Å²) < 4.78 is 26.3. The molecule has 2 nitrogen and oxygen atoms in total. The summed E-state index contributed by atoms with van der Waals surface area (Å²) >= 11 is 2.91. The van der Waals surface area contributed by atoms with Gasteiger partial charge in [0.2, 0.25) is 0 Å². The van der Waals surface area contributed by atoms with E-state index in [1.807, 2.05) is 0 Å². The van der Waals surface area contributed by atoms with Crippen molar-refractivity contribution in [3.05, 3.63) is 33.8 Å². The highest BCUT2D eigenvalue weighted by atomic mass is 79.9. The number of nitrogens with one attached hydrogen (secondary N) is 1. The van der Waals surface area contributed by atoms with Crippen LogP contribution in [0.25, 0.3) is 0 Å². The van der Waals surface area contributed by atoms with Gasteiger partial charge in [0, 0.05) is 11.5 Å². The van der Waals surface area contributed by atoms with Gasteiger partial charge in [0.25, 0.3) is 5.91 Å². The van der Waals surface area contributed by atoms with Gasteiger partial charge in [0.05, 0.1) is 0 Å². The lowest BCUT2D eigenvalue weighted by atomic mass is 10.2. The molecule has 0 saturated carbocycles. The third kappa shape index (κ3) is 2.03. The van der Waals surface area contributed by atoms with Crippen LogP contribution in [0.2, 0.25) is 0 Å². The highest BCUT2D eigenvalue weighted by molar-refractivity contribution is 9.10. The number of hydrogen-bond acceptors (Lipinski definition) is 1. The van der Waals surface area contributed by atoms with Crippen molar-refractivity contribution < 1.29 is 13.6 Å². The molecule has 1 aromatic rings. The third-order valence-electron chi connectivity index (χ3n) is 1.46. The van der Waals surface area contributed by atoms with Crippen molar-refractivity contribution in [3.8, 4) is 0 Å². The monoisotopic (exact) mass is 249 g/mol. The molecule has 0 aromatic heterocycles. The Morgan fingerprint density at radius 1 is 1.38 bits per heavy atom. The molecule has 0 spiro atoms. The topological polar surface area (TPSA) is 29.1 Å². The van der Waals surface area contributed by atoms with Crippen LogP contribution in [0.1, 0.15) is 10.4 Å². The van der Waals surface area contributed by atoms with Gasteiger partial charge >= 0.3 is 0 Å². The first-order valence-corrected chi connectivity index (χ1v) is 4.22. The van der Waals surface area contributed by atoms with Gasteiger partial charge in [-0.3, -0.25) is 4.79 Å². The number of carbonyl (C=O) groups is 1. The Labute approximate surface area is 82.1 Å². The first-order chi connectivity index (χ1) is 6.06. The standard InChI is InChI=1S/C8H6BrF2NO/c1-12-8(13)7-5(10)2-4(9)3-6(7)11/h2-3H,1H3,(H,12,13). The largest absolute Gasteiger partial charge is 0.355 e. The molecular formula is C8H6BrF2NO. The van der Waals surface area contributed by atoms with Crippen molar-refractivity contribution in [2.75, 3.05) is 7.05 Å². The minimum atomic E-state index is -0.883. The van der Waals surface area contributed by atoms with Crippen LogP contribution in [0.5, 0.6) is 0 Å². The van der Waals surface area contributed by atoms with Gasteiger partial charge in [0.15, 0.2) is 0 Å². The summed E-state index contributed by atoms with van der Waals surface area (Å²) in [6.07, 6.45) is 0. The van der Waals surface area contributed by atoms with E-state index in [1.54, 1.807) is 0 Å². The Morgan fingerprint density at radius 3 is 2.23 bits per heavy atom. The molecule has 0 saturated heterocycles. The Hall–Kier alpha value is -0.970. The van der Waals surface area contributed by atoms with Crippen LogP contribution < -0.4 is 5.32 Å². The molecular weight excluding hydrogens is 244 g/mol. The molecule has 1 amide bonds. The molecule has 13 heavy (non-hydrogen) atoms. The third-order valence-corrected chi connectivity index (χ3v) is 1.92. The van der Waals surface area contributed by atoms with Crippen molar-refractivity contribution in [2.24, 2.45) is 0 Å². The van der Waals surface area contributed by atoms with E-state index in [0.717, 1.165) is 12.1 Å². The summed E-state index contributed by atoms with van der Waals surface area (Å²) in [4.78, 5) is 11.0. The predicted molar refractivity (Wildman–Crippen MR) is 47.4 cm³/mol.